The first kappa shape index (κ1) is 40.3. The van der Waals surface area contributed by atoms with E-state index >= 15 is 0 Å². The summed E-state index contributed by atoms with van der Waals surface area (Å²) in [5.41, 5.74) is 0.181. The molecule has 0 saturated heterocycles. The quantitative estimate of drug-likeness (QED) is 0.0688. The number of para-hydroxylation sites is 4. The first-order valence-electron chi connectivity index (χ1n) is 19.8. The fourth-order valence-electron chi connectivity index (χ4n) is 7.48. The van der Waals surface area contributed by atoms with Crippen LogP contribution in [0.5, 0.6) is 46.0 Å². The van der Waals surface area contributed by atoms with Crippen molar-refractivity contribution in [3.05, 3.63) is 168 Å². The Kier molecular flexibility index (Phi) is 10.5. The molecule has 0 amide bonds. The molecule has 312 valence electrons. The van der Waals surface area contributed by atoms with Crippen LogP contribution in [-0.2, 0) is 0 Å². The SMILES string of the molecule is Oc1c2cc(c(O)c1C=Nc1ccccc1)-c1cc(c(O)c(C=Nc3ccccc3)c1O)-c1cc(c(O)c(C=Nc3ccccc3)c1O)-c1cc-2c(O)c(C=Nc2ccccc2)c1O. The van der Waals surface area contributed by atoms with Gasteiger partial charge >= 0.3 is 0 Å². The number of phenolic OH excluding ortho intramolecular Hbond substituents is 8. The van der Waals surface area contributed by atoms with Crippen LogP contribution < -0.4 is 0 Å². The molecule has 8 N–H and O–H groups in total. The lowest BCUT2D eigenvalue weighted by Crippen LogP contribution is -2.00. The van der Waals surface area contributed by atoms with Crippen LogP contribution in [0, 0.1) is 0 Å². The van der Waals surface area contributed by atoms with E-state index in [9.17, 15) is 40.9 Å². The van der Waals surface area contributed by atoms with Gasteiger partial charge in [0.15, 0.2) is 0 Å². The zero-order chi connectivity index (χ0) is 44.5. The second kappa shape index (κ2) is 16.7. The standard InChI is InChI=1S/C52H36N4O8/c57-45-33-21-34(46(58)41(45)25-53-29-13-5-1-6-14-29)36-23-38(50(62)43(48(36)60)27-55-31-17-9-3-10-18-31)40-24-39(51(63)44(52(40)64)28-56-32-19-11-4-12-20-32)37-22-35(33)47(59)42(49(37)61)26-54-30-15-7-2-8-16-30/h1-28,57-64H. The van der Waals surface area contributed by atoms with Crippen molar-refractivity contribution in [2.75, 3.05) is 0 Å². The highest BCUT2D eigenvalue weighted by molar-refractivity contribution is 6.08. The number of aromatic hydroxyl groups is 8. The number of hydrogen-bond acceptors (Lipinski definition) is 12. The molecule has 9 rings (SSSR count). The molecule has 8 bridgehead atoms. The van der Waals surface area contributed by atoms with Crippen molar-refractivity contribution in [2.45, 2.75) is 0 Å². The molecule has 0 unspecified atom stereocenters. The van der Waals surface area contributed by atoms with Gasteiger partial charge in [0.2, 0.25) is 0 Å². The van der Waals surface area contributed by atoms with Gasteiger partial charge in [0.05, 0.1) is 45.0 Å². The van der Waals surface area contributed by atoms with Crippen molar-refractivity contribution < 1.29 is 40.9 Å². The highest BCUT2D eigenvalue weighted by Crippen LogP contribution is 2.56. The molecule has 0 saturated carbocycles. The van der Waals surface area contributed by atoms with Gasteiger partial charge in [-0.25, -0.2) is 0 Å². The maximum atomic E-state index is 12.1. The molecule has 12 heteroatoms. The second-order valence-corrected chi connectivity index (χ2v) is 14.7. The van der Waals surface area contributed by atoms with Gasteiger partial charge in [-0.1, -0.05) is 72.8 Å². The maximum absolute atomic E-state index is 12.1. The smallest absolute Gasteiger partial charge is 0.136 e. The second-order valence-electron chi connectivity index (χ2n) is 14.7. The average molecular weight is 845 g/mol. The summed E-state index contributed by atoms with van der Waals surface area (Å²) >= 11 is 0. The molecule has 1 aliphatic rings. The normalized spacial score (nSPS) is 12.0. The fourth-order valence-corrected chi connectivity index (χ4v) is 7.48. The number of nitrogens with zero attached hydrogens (tertiary/aromatic N) is 4. The summed E-state index contributed by atoms with van der Waals surface area (Å²) in [4.78, 5) is 17.9. The Morgan fingerprint density at radius 2 is 0.391 bits per heavy atom. The number of aliphatic imine (C=N–C) groups is 4. The third kappa shape index (κ3) is 7.37. The van der Waals surface area contributed by atoms with E-state index < -0.39 is 46.0 Å². The van der Waals surface area contributed by atoms with Crippen molar-refractivity contribution in [2.24, 2.45) is 20.0 Å². The molecule has 8 aromatic carbocycles. The summed E-state index contributed by atoms with van der Waals surface area (Å²) < 4.78 is 0. The Bertz CT molecular complexity index is 2690. The van der Waals surface area contributed by atoms with Crippen LogP contribution in [0.1, 0.15) is 22.3 Å². The number of fused-ring (bicyclic) bond motifs is 12. The van der Waals surface area contributed by atoms with Crippen LogP contribution in [0.4, 0.5) is 22.7 Å². The Hall–Kier alpha value is -9.16. The van der Waals surface area contributed by atoms with E-state index in [0.717, 1.165) is 0 Å². The van der Waals surface area contributed by atoms with Gasteiger partial charge < -0.3 is 40.9 Å². The molecular formula is C52H36N4O8. The minimum absolute atomic E-state index is 0.103. The zero-order valence-corrected chi connectivity index (χ0v) is 33.5. The highest BCUT2D eigenvalue weighted by atomic mass is 16.3. The van der Waals surface area contributed by atoms with Crippen LogP contribution in [0.25, 0.3) is 44.5 Å². The van der Waals surface area contributed by atoms with Gasteiger partial charge in [-0.3, -0.25) is 20.0 Å². The van der Waals surface area contributed by atoms with Gasteiger partial charge in [-0.2, -0.15) is 0 Å². The molecule has 1 aliphatic carbocycles. The summed E-state index contributed by atoms with van der Waals surface area (Å²) in [5.74, 6) is -4.40. The Labute approximate surface area is 365 Å². The summed E-state index contributed by atoms with van der Waals surface area (Å²) in [7, 11) is 0. The fraction of sp³-hybridized carbons (Fsp3) is 0. The molecule has 64 heavy (non-hydrogen) atoms. The Morgan fingerprint density at radius 1 is 0.234 bits per heavy atom. The van der Waals surface area contributed by atoms with E-state index in [2.05, 4.69) is 20.0 Å². The van der Waals surface area contributed by atoms with Crippen molar-refractivity contribution in [1.82, 2.24) is 0 Å². The summed E-state index contributed by atoms with van der Waals surface area (Å²) in [5, 5.41) is 97.2. The van der Waals surface area contributed by atoms with Gasteiger partial charge in [0.25, 0.3) is 0 Å². The van der Waals surface area contributed by atoms with Crippen LogP contribution in [-0.4, -0.2) is 65.7 Å². The van der Waals surface area contributed by atoms with E-state index in [1.165, 1.54) is 49.1 Å². The third-order valence-corrected chi connectivity index (χ3v) is 10.8. The molecule has 0 aromatic heterocycles. The van der Waals surface area contributed by atoms with Crippen molar-refractivity contribution in [3.63, 3.8) is 0 Å². The topological polar surface area (TPSA) is 211 Å². The van der Waals surface area contributed by atoms with Gasteiger partial charge in [-0.15, -0.1) is 0 Å². The number of phenols is 8. The lowest BCUT2D eigenvalue weighted by Gasteiger charge is -2.23. The molecule has 0 heterocycles. The predicted octanol–water partition coefficient (Wildman–Crippen LogP) is 11.3. The van der Waals surface area contributed by atoms with Crippen molar-refractivity contribution in [3.8, 4) is 90.5 Å². The number of benzene rings is 8. The zero-order valence-electron chi connectivity index (χ0n) is 33.5. The Morgan fingerprint density at radius 3 is 0.547 bits per heavy atom. The maximum Gasteiger partial charge on any atom is 0.136 e. The highest BCUT2D eigenvalue weighted by Gasteiger charge is 2.31. The van der Waals surface area contributed by atoms with E-state index in [1.807, 2.05) is 0 Å². The lowest BCUT2D eigenvalue weighted by molar-refractivity contribution is 0.441. The molecule has 0 fully saturated rings. The van der Waals surface area contributed by atoms with Crippen LogP contribution in [0.3, 0.4) is 0 Å². The minimum Gasteiger partial charge on any atom is -0.506 e. The largest absolute Gasteiger partial charge is 0.506 e. The summed E-state index contributed by atoms with van der Waals surface area (Å²) in [6.07, 6.45) is 4.90. The van der Waals surface area contributed by atoms with E-state index in [-0.39, 0.29) is 66.8 Å². The first-order chi connectivity index (χ1) is 31.1. The van der Waals surface area contributed by atoms with E-state index in [0.29, 0.717) is 22.7 Å². The summed E-state index contributed by atoms with van der Waals surface area (Å²) in [6.45, 7) is 0. The summed E-state index contributed by atoms with van der Waals surface area (Å²) in [6, 6.07) is 40.2. The molecule has 0 atom stereocenters. The molecule has 0 radical (unpaired) electrons. The number of rotatable bonds is 8. The van der Waals surface area contributed by atoms with Crippen LogP contribution in [0.15, 0.2) is 166 Å². The van der Waals surface area contributed by atoms with Gasteiger partial charge in [-0.05, 0) is 72.8 Å². The molecule has 12 nitrogen and oxygen atoms in total. The van der Waals surface area contributed by atoms with Gasteiger partial charge in [0, 0.05) is 69.4 Å². The number of hydrogen-bond donors (Lipinski definition) is 8. The lowest BCUT2D eigenvalue weighted by atomic mass is 9.85. The van der Waals surface area contributed by atoms with E-state index in [4.69, 9.17) is 0 Å². The van der Waals surface area contributed by atoms with E-state index in [1.54, 1.807) is 121 Å². The Balaban J connectivity index is 1.43. The van der Waals surface area contributed by atoms with Crippen LogP contribution in [0.2, 0.25) is 0 Å². The minimum atomic E-state index is -0.550. The third-order valence-electron chi connectivity index (χ3n) is 10.8. The molecule has 8 aromatic rings. The molecule has 0 spiro atoms. The van der Waals surface area contributed by atoms with Gasteiger partial charge in [0.1, 0.15) is 46.0 Å². The molecular weight excluding hydrogens is 809 g/mol. The van der Waals surface area contributed by atoms with Crippen LogP contribution >= 0.6 is 0 Å². The predicted molar refractivity (Wildman–Crippen MR) is 250 cm³/mol. The monoisotopic (exact) mass is 844 g/mol. The first-order valence-corrected chi connectivity index (χ1v) is 19.8. The van der Waals surface area contributed by atoms with Crippen molar-refractivity contribution >= 4 is 47.6 Å². The average Bonchev–Trinajstić information content (AvgIpc) is 3.31. The molecule has 0 aliphatic heterocycles. The van der Waals surface area contributed by atoms with Crippen molar-refractivity contribution in [1.29, 1.82) is 0 Å².